The average molecular weight is 447 g/mol. The molecule has 0 saturated heterocycles. The predicted molar refractivity (Wildman–Crippen MR) is 122 cm³/mol. The minimum Gasteiger partial charge on any atom is -0.507 e. The number of aromatic nitrogens is 2. The highest BCUT2D eigenvalue weighted by Gasteiger charge is 2.23. The van der Waals surface area contributed by atoms with E-state index < -0.39 is 0 Å². The zero-order valence-electron chi connectivity index (χ0n) is 16.9. The van der Waals surface area contributed by atoms with Gasteiger partial charge in [-0.25, -0.2) is 4.98 Å². The van der Waals surface area contributed by atoms with Crippen molar-refractivity contribution < 1.29 is 19.0 Å². The molecule has 8 nitrogen and oxygen atoms in total. The number of anilines is 1. The summed E-state index contributed by atoms with van der Waals surface area (Å²) in [5.74, 6) is 1.27. The molecular weight excluding hydrogens is 430 g/mol. The van der Waals surface area contributed by atoms with Crippen molar-refractivity contribution in [1.29, 1.82) is 0 Å². The number of benzene rings is 2. The third-order valence-corrected chi connectivity index (χ3v) is 6.32. The molecule has 32 heavy (non-hydrogen) atoms. The molecule has 0 spiro atoms. The van der Waals surface area contributed by atoms with Gasteiger partial charge in [-0.2, -0.15) is 0 Å². The SMILES string of the molecule is CNc1cc(O)c2c(=O)c3c(-c4nccs4)[nH]c(Cc4ccc5c(c4)OCO5)c3oc2c1. The van der Waals surface area contributed by atoms with Crippen LogP contribution in [0.2, 0.25) is 0 Å². The van der Waals surface area contributed by atoms with Crippen LogP contribution in [0.4, 0.5) is 5.69 Å². The number of rotatable bonds is 4. The molecule has 1 aliphatic heterocycles. The maximum Gasteiger partial charge on any atom is 0.231 e. The molecule has 2 aromatic carbocycles. The Kier molecular flexibility index (Phi) is 4.12. The second-order valence-electron chi connectivity index (χ2n) is 7.43. The maximum absolute atomic E-state index is 13.5. The van der Waals surface area contributed by atoms with E-state index in [2.05, 4.69) is 15.3 Å². The zero-order valence-corrected chi connectivity index (χ0v) is 17.7. The van der Waals surface area contributed by atoms with Gasteiger partial charge >= 0.3 is 0 Å². The van der Waals surface area contributed by atoms with Crippen LogP contribution < -0.4 is 20.2 Å². The van der Waals surface area contributed by atoms with Gasteiger partial charge in [0, 0.05) is 42.9 Å². The lowest BCUT2D eigenvalue weighted by molar-refractivity contribution is 0.174. The molecule has 1 aliphatic rings. The molecule has 0 unspecified atom stereocenters. The molecule has 0 radical (unpaired) electrons. The van der Waals surface area contributed by atoms with Gasteiger partial charge < -0.3 is 29.3 Å². The third-order valence-electron chi connectivity index (χ3n) is 5.53. The molecular formula is C23H17N3O5S. The number of fused-ring (bicyclic) bond motifs is 3. The van der Waals surface area contributed by atoms with Crippen LogP contribution in [0.1, 0.15) is 11.3 Å². The number of nitrogens with zero attached hydrogens (tertiary/aromatic N) is 1. The van der Waals surface area contributed by atoms with E-state index in [0.29, 0.717) is 50.9 Å². The van der Waals surface area contributed by atoms with Crippen molar-refractivity contribution in [2.75, 3.05) is 19.2 Å². The Morgan fingerprint density at radius 2 is 2.06 bits per heavy atom. The first-order chi connectivity index (χ1) is 15.6. The molecule has 3 aromatic heterocycles. The lowest BCUT2D eigenvalue weighted by Crippen LogP contribution is -2.03. The fourth-order valence-corrected chi connectivity index (χ4v) is 4.68. The van der Waals surface area contributed by atoms with Crippen LogP contribution in [0.5, 0.6) is 17.2 Å². The Balaban J connectivity index is 1.61. The van der Waals surface area contributed by atoms with Gasteiger partial charge in [0.15, 0.2) is 17.1 Å². The van der Waals surface area contributed by atoms with Crippen molar-refractivity contribution in [3.8, 4) is 28.0 Å². The van der Waals surface area contributed by atoms with Crippen LogP contribution in [0, 0.1) is 0 Å². The summed E-state index contributed by atoms with van der Waals surface area (Å²) in [5, 5.41) is 16.5. The lowest BCUT2D eigenvalue weighted by Gasteiger charge is -2.06. The Morgan fingerprint density at radius 3 is 2.88 bits per heavy atom. The number of aromatic hydroxyl groups is 1. The lowest BCUT2D eigenvalue weighted by atomic mass is 10.1. The smallest absolute Gasteiger partial charge is 0.231 e. The Morgan fingerprint density at radius 1 is 1.19 bits per heavy atom. The van der Waals surface area contributed by atoms with Crippen LogP contribution in [0.25, 0.3) is 32.6 Å². The number of phenolic OH excluding ortho intramolecular Hbond substituents is 1. The molecule has 9 heteroatoms. The predicted octanol–water partition coefficient (Wildman–Crippen LogP) is 4.46. The topological polar surface area (TPSA) is 110 Å². The van der Waals surface area contributed by atoms with Gasteiger partial charge in [-0.3, -0.25) is 4.79 Å². The summed E-state index contributed by atoms with van der Waals surface area (Å²) in [7, 11) is 1.74. The highest BCUT2D eigenvalue weighted by Crippen LogP contribution is 2.37. The second kappa shape index (κ2) is 7.03. The van der Waals surface area contributed by atoms with Crippen molar-refractivity contribution in [3.63, 3.8) is 0 Å². The summed E-state index contributed by atoms with van der Waals surface area (Å²) in [6.07, 6.45) is 2.16. The monoisotopic (exact) mass is 447 g/mol. The minimum absolute atomic E-state index is 0.133. The van der Waals surface area contributed by atoms with E-state index in [1.807, 2.05) is 23.6 Å². The highest BCUT2D eigenvalue weighted by atomic mass is 32.1. The molecule has 0 atom stereocenters. The zero-order chi connectivity index (χ0) is 21.8. The van der Waals surface area contributed by atoms with E-state index in [-0.39, 0.29) is 23.4 Å². The first-order valence-electron chi connectivity index (χ1n) is 9.93. The van der Waals surface area contributed by atoms with E-state index in [0.717, 1.165) is 11.3 Å². The second-order valence-corrected chi connectivity index (χ2v) is 8.33. The number of nitrogens with one attached hydrogen (secondary N) is 2. The molecule has 160 valence electrons. The van der Waals surface area contributed by atoms with Gasteiger partial charge in [-0.05, 0) is 17.7 Å². The number of hydrogen-bond donors (Lipinski definition) is 3. The van der Waals surface area contributed by atoms with E-state index >= 15 is 0 Å². The Labute approximate surface area is 185 Å². The fraction of sp³-hybridized carbons (Fsp3) is 0.130. The Bertz CT molecular complexity index is 1550. The highest BCUT2D eigenvalue weighted by molar-refractivity contribution is 7.13. The van der Waals surface area contributed by atoms with E-state index in [9.17, 15) is 9.90 Å². The summed E-state index contributed by atoms with van der Waals surface area (Å²) in [4.78, 5) is 21.3. The fourth-order valence-electron chi connectivity index (χ4n) is 4.04. The standard InChI is InChI=1S/C23H17N3O5S/c1-24-12-8-14(27)18-17(9-12)31-22-13(6-11-2-3-15-16(7-11)30-10-29-15)26-20(19(22)21(18)28)23-25-4-5-32-23/h2-5,7-9,24,26-27H,6,10H2,1H3. The van der Waals surface area contributed by atoms with Gasteiger partial charge in [0.25, 0.3) is 0 Å². The van der Waals surface area contributed by atoms with Gasteiger partial charge in [0.1, 0.15) is 21.7 Å². The summed E-state index contributed by atoms with van der Waals surface area (Å²) in [6.45, 7) is 0.205. The van der Waals surface area contributed by atoms with Crippen molar-refractivity contribution >= 4 is 39.0 Å². The first-order valence-corrected chi connectivity index (χ1v) is 10.8. The van der Waals surface area contributed by atoms with Crippen molar-refractivity contribution in [3.05, 3.63) is 63.4 Å². The number of hydrogen-bond acceptors (Lipinski definition) is 8. The molecule has 0 saturated carbocycles. The largest absolute Gasteiger partial charge is 0.507 e. The van der Waals surface area contributed by atoms with Crippen LogP contribution in [0.15, 0.2) is 51.1 Å². The van der Waals surface area contributed by atoms with Gasteiger partial charge in [0.05, 0.1) is 16.8 Å². The van der Waals surface area contributed by atoms with Gasteiger partial charge in [-0.15, -0.1) is 11.3 Å². The summed E-state index contributed by atoms with van der Waals surface area (Å²) < 4.78 is 17.1. The van der Waals surface area contributed by atoms with Crippen LogP contribution >= 0.6 is 11.3 Å². The molecule has 0 aliphatic carbocycles. The number of phenols is 1. The molecule has 5 aromatic rings. The minimum atomic E-state index is -0.306. The van der Waals surface area contributed by atoms with Crippen molar-refractivity contribution in [2.45, 2.75) is 6.42 Å². The third kappa shape index (κ3) is 2.82. The Hall–Kier alpha value is -3.98. The van der Waals surface area contributed by atoms with E-state index in [4.69, 9.17) is 13.9 Å². The van der Waals surface area contributed by atoms with E-state index in [1.165, 1.54) is 17.4 Å². The molecule has 4 heterocycles. The number of thiazole rings is 1. The number of ether oxygens (including phenoxy) is 2. The van der Waals surface area contributed by atoms with Crippen molar-refractivity contribution in [1.82, 2.24) is 9.97 Å². The molecule has 3 N–H and O–H groups in total. The molecule has 0 fully saturated rings. The van der Waals surface area contributed by atoms with Gasteiger partial charge in [0.2, 0.25) is 12.2 Å². The summed E-state index contributed by atoms with van der Waals surface area (Å²) in [5.41, 5.74) is 3.38. The van der Waals surface area contributed by atoms with Crippen LogP contribution in [-0.4, -0.2) is 28.9 Å². The summed E-state index contributed by atoms with van der Waals surface area (Å²) >= 11 is 1.42. The summed E-state index contributed by atoms with van der Waals surface area (Å²) in [6, 6.07) is 8.95. The molecule has 0 bridgehead atoms. The number of H-pyrrole nitrogens is 1. The quantitative estimate of drug-likeness (QED) is 0.373. The first kappa shape index (κ1) is 18.8. The van der Waals surface area contributed by atoms with Crippen LogP contribution in [-0.2, 0) is 6.42 Å². The average Bonchev–Trinajstić information content (AvgIpc) is 3.53. The number of aromatic amines is 1. The molecule has 6 rings (SSSR count). The van der Waals surface area contributed by atoms with Crippen LogP contribution in [0.3, 0.4) is 0 Å². The van der Waals surface area contributed by atoms with E-state index in [1.54, 1.807) is 19.3 Å². The maximum atomic E-state index is 13.5. The van der Waals surface area contributed by atoms with Gasteiger partial charge in [-0.1, -0.05) is 6.07 Å². The van der Waals surface area contributed by atoms with Crippen molar-refractivity contribution in [2.24, 2.45) is 0 Å². The molecule has 0 amide bonds. The normalized spacial score (nSPS) is 12.7.